The van der Waals surface area contributed by atoms with Gasteiger partial charge < -0.3 is 10.6 Å². The van der Waals surface area contributed by atoms with E-state index < -0.39 is 0 Å². The van der Waals surface area contributed by atoms with E-state index in [1.165, 1.54) is 5.56 Å². The lowest BCUT2D eigenvalue weighted by Gasteiger charge is -2.25. The molecule has 4 heteroatoms. The van der Waals surface area contributed by atoms with Crippen molar-refractivity contribution in [3.8, 4) is 0 Å². The molecule has 3 N–H and O–H groups in total. The highest BCUT2D eigenvalue weighted by molar-refractivity contribution is 9.10. The van der Waals surface area contributed by atoms with Crippen LogP contribution >= 0.6 is 15.9 Å². The number of nitrogen functional groups attached to an aromatic ring is 1. The predicted molar refractivity (Wildman–Crippen MR) is 88.3 cm³/mol. The highest BCUT2D eigenvalue weighted by atomic mass is 79.9. The van der Waals surface area contributed by atoms with Gasteiger partial charge >= 0.3 is 0 Å². The summed E-state index contributed by atoms with van der Waals surface area (Å²) in [5, 5.41) is 7.48. The maximum Gasteiger partial charge on any atom is 0.122 e. The van der Waals surface area contributed by atoms with Crippen molar-refractivity contribution in [3.63, 3.8) is 0 Å². The smallest absolute Gasteiger partial charge is 0.122 e. The number of amidine groups is 1. The Hall–Kier alpha value is -1.81. The molecule has 0 saturated carbocycles. The minimum atomic E-state index is 0.0864. The van der Waals surface area contributed by atoms with Crippen molar-refractivity contribution >= 4 is 27.5 Å². The summed E-state index contributed by atoms with van der Waals surface area (Å²) in [6, 6.07) is 16.2. The third-order valence-corrected chi connectivity index (χ3v) is 3.83. The maximum atomic E-state index is 7.48. The topological polar surface area (TPSA) is 53.1 Å². The van der Waals surface area contributed by atoms with Crippen LogP contribution in [0.4, 0.5) is 5.69 Å². The highest BCUT2D eigenvalue weighted by Gasteiger charge is 2.10. The minimum Gasteiger partial charge on any atom is -0.384 e. The molecule has 2 rings (SSSR count). The molecule has 0 spiro atoms. The number of nitrogens with one attached hydrogen (secondary N) is 1. The fourth-order valence-electron chi connectivity index (χ4n) is 2.10. The highest BCUT2D eigenvalue weighted by Crippen LogP contribution is 2.28. The van der Waals surface area contributed by atoms with Gasteiger partial charge in [-0.3, -0.25) is 5.41 Å². The van der Waals surface area contributed by atoms with Gasteiger partial charge in [-0.15, -0.1) is 0 Å². The van der Waals surface area contributed by atoms with Gasteiger partial charge in [0.05, 0.1) is 5.69 Å². The van der Waals surface area contributed by atoms with E-state index >= 15 is 0 Å². The van der Waals surface area contributed by atoms with Crippen molar-refractivity contribution in [2.45, 2.75) is 13.5 Å². The summed E-state index contributed by atoms with van der Waals surface area (Å²) < 4.78 is 0.961. The monoisotopic (exact) mass is 331 g/mol. The third-order valence-electron chi connectivity index (χ3n) is 3.20. The van der Waals surface area contributed by atoms with Gasteiger partial charge in [-0.1, -0.05) is 30.3 Å². The molecular weight excluding hydrogens is 314 g/mol. The normalized spacial score (nSPS) is 10.3. The van der Waals surface area contributed by atoms with Crippen LogP contribution in [0.1, 0.15) is 18.1 Å². The van der Waals surface area contributed by atoms with E-state index in [2.05, 4.69) is 52.0 Å². The number of hydrogen-bond donors (Lipinski definition) is 2. The molecule has 0 radical (unpaired) electrons. The zero-order chi connectivity index (χ0) is 14.5. The first-order chi connectivity index (χ1) is 9.61. The van der Waals surface area contributed by atoms with Gasteiger partial charge in [0.15, 0.2) is 0 Å². The van der Waals surface area contributed by atoms with Crippen LogP contribution in [0.5, 0.6) is 0 Å². The van der Waals surface area contributed by atoms with Gasteiger partial charge in [0.2, 0.25) is 0 Å². The fourth-order valence-corrected chi connectivity index (χ4v) is 2.73. The van der Waals surface area contributed by atoms with Crippen LogP contribution in [0, 0.1) is 5.41 Å². The maximum absolute atomic E-state index is 7.48. The second kappa shape index (κ2) is 6.57. The average molecular weight is 332 g/mol. The Morgan fingerprint density at radius 1 is 1.20 bits per heavy atom. The van der Waals surface area contributed by atoms with Crippen molar-refractivity contribution in [3.05, 3.63) is 64.1 Å². The lowest BCUT2D eigenvalue weighted by atomic mass is 10.1. The van der Waals surface area contributed by atoms with Gasteiger partial charge in [-0.25, -0.2) is 0 Å². The summed E-state index contributed by atoms with van der Waals surface area (Å²) in [4.78, 5) is 2.28. The molecule has 0 aromatic heterocycles. The molecule has 0 amide bonds. The predicted octanol–water partition coefficient (Wildman–Crippen LogP) is 3.76. The first-order valence-corrected chi connectivity index (χ1v) is 7.34. The second-order valence-electron chi connectivity index (χ2n) is 4.58. The van der Waals surface area contributed by atoms with E-state index in [4.69, 9.17) is 11.1 Å². The van der Waals surface area contributed by atoms with Crippen LogP contribution in [-0.4, -0.2) is 12.4 Å². The molecule has 104 valence electrons. The van der Waals surface area contributed by atoms with Crippen molar-refractivity contribution in [1.82, 2.24) is 0 Å². The average Bonchev–Trinajstić information content (AvgIpc) is 2.46. The molecule has 2 aromatic carbocycles. The molecule has 0 aliphatic rings. The number of nitrogens with zero attached hydrogens (tertiary/aromatic N) is 1. The molecule has 0 bridgehead atoms. The van der Waals surface area contributed by atoms with E-state index in [0.29, 0.717) is 0 Å². The molecule has 0 fully saturated rings. The summed E-state index contributed by atoms with van der Waals surface area (Å²) >= 11 is 3.58. The Balaban J connectivity index is 2.26. The second-order valence-corrected chi connectivity index (χ2v) is 5.43. The number of halogens is 1. The minimum absolute atomic E-state index is 0.0864. The number of anilines is 1. The van der Waals surface area contributed by atoms with Crippen molar-refractivity contribution in [2.24, 2.45) is 5.73 Å². The Labute approximate surface area is 128 Å². The lowest BCUT2D eigenvalue weighted by Crippen LogP contribution is -2.22. The number of nitrogens with two attached hydrogens (primary N) is 1. The molecule has 3 nitrogen and oxygen atoms in total. The Kier molecular flexibility index (Phi) is 4.79. The Morgan fingerprint density at radius 2 is 1.90 bits per heavy atom. The van der Waals surface area contributed by atoms with Gasteiger partial charge in [0, 0.05) is 23.1 Å². The van der Waals surface area contributed by atoms with Crippen molar-refractivity contribution in [1.29, 1.82) is 5.41 Å². The SMILES string of the molecule is CCN(Cc1ccccc1)c1ccc(C(=N)N)cc1Br. The van der Waals surface area contributed by atoms with E-state index in [0.717, 1.165) is 28.8 Å². The summed E-state index contributed by atoms with van der Waals surface area (Å²) in [7, 11) is 0. The Morgan fingerprint density at radius 3 is 2.45 bits per heavy atom. The number of benzene rings is 2. The van der Waals surface area contributed by atoms with Crippen LogP contribution < -0.4 is 10.6 Å². The summed E-state index contributed by atoms with van der Waals surface area (Å²) in [5.41, 5.74) is 8.63. The van der Waals surface area contributed by atoms with Gasteiger partial charge in [0.1, 0.15) is 5.84 Å². The van der Waals surface area contributed by atoms with Crippen LogP contribution in [0.15, 0.2) is 53.0 Å². The largest absolute Gasteiger partial charge is 0.384 e. The molecular formula is C16H18BrN3. The first kappa shape index (κ1) is 14.6. The zero-order valence-electron chi connectivity index (χ0n) is 11.4. The van der Waals surface area contributed by atoms with Crippen LogP contribution in [-0.2, 0) is 6.54 Å². The molecule has 0 saturated heterocycles. The number of hydrogen-bond acceptors (Lipinski definition) is 2. The molecule has 2 aromatic rings. The van der Waals surface area contributed by atoms with Gasteiger partial charge in [0.25, 0.3) is 0 Å². The van der Waals surface area contributed by atoms with Crippen molar-refractivity contribution < 1.29 is 0 Å². The zero-order valence-corrected chi connectivity index (χ0v) is 13.0. The quantitative estimate of drug-likeness (QED) is 0.647. The van der Waals surface area contributed by atoms with E-state index in [1.54, 1.807) is 0 Å². The van der Waals surface area contributed by atoms with E-state index in [9.17, 15) is 0 Å². The number of rotatable bonds is 5. The Bertz CT molecular complexity index is 596. The summed E-state index contributed by atoms with van der Waals surface area (Å²) in [6.45, 7) is 3.90. The van der Waals surface area contributed by atoms with Gasteiger partial charge in [-0.2, -0.15) is 0 Å². The first-order valence-electron chi connectivity index (χ1n) is 6.54. The molecule has 0 unspecified atom stereocenters. The summed E-state index contributed by atoms with van der Waals surface area (Å²) in [5.74, 6) is 0.0864. The van der Waals surface area contributed by atoms with Crippen LogP contribution in [0.3, 0.4) is 0 Å². The van der Waals surface area contributed by atoms with Gasteiger partial charge in [-0.05, 0) is 46.6 Å². The standard InChI is InChI=1S/C16H18BrN3/c1-2-20(11-12-6-4-3-5-7-12)15-9-8-13(16(18)19)10-14(15)17/h3-10H,2,11H2,1H3,(H3,18,19). The van der Waals surface area contributed by atoms with E-state index in [-0.39, 0.29) is 5.84 Å². The fraction of sp³-hybridized carbons (Fsp3) is 0.188. The lowest BCUT2D eigenvalue weighted by molar-refractivity contribution is 0.829. The van der Waals surface area contributed by atoms with E-state index in [1.807, 2.05) is 24.3 Å². The van der Waals surface area contributed by atoms with Crippen molar-refractivity contribution in [2.75, 3.05) is 11.4 Å². The van der Waals surface area contributed by atoms with Crippen LogP contribution in [0.2, 0.25) is 0 Å². The molecule has 20 heavy (non-hydrogen) atoms. The molecule has 0 heterocycles. The molecule has 0 aliphatic heterocycles. The summed E-state index contributed by atoms with van der Waals surface area (Å²) in [6.07, 6.45) is 0. The molecule has 0 aliphatic carbocycles. The third kappa shape index (κ3) is 3.39. The van der Waals surface area contributed by atoms with Crippen LogP contribution in [0.25, 0.3) is 0 Å². The molecule has 0 atom stereocenters.